The Hall–Kier alpha value is -2.32. The first kappa shape index (κ1) is 15.6. The molecule has 0 aromatic heterocycles. The maximum Gasteiger partial charge on any atom is 0.119 e. The van der Waals surface area contributed by atoms with Crippen molar-refractivity contribution in [2.24, 2.45) is 5.73 Å². The van der Waals surface area contributed by atoms with E-state index in [0.29, 0.717) is 19.1 Å². The fourth-order valence-electron chi connectivity index (χ4n) is 2.96. The summed E-state index contributed by atoms with van der Waals surface area (Å²) in [5.41, 5.74) is 8.60. The smallest absolute Gasteiger partial charge is 0.119 e. The van der Waals surface area contributed by atoms with Gasteiger partial charge in [0, 0.05) is 0 Å². The first-order chi connectivity index (χ1) is 11.3. The largest absolute Gasteiger partial charge is 0.494 e. The van der Waals surface area contributed by atoms with E-state index in [4.69, 9.17) is 10.5 Å². The lowest BCUT2D eigenvalue weighted by Crippen LogP contribution is -2.16. The first-order valence-electron chi connectivity index (χ1n) is 8.15. The maximum atomic E-state index is 6.04. The normalized spacial score (nSPS) is 12.3. The Balaban J connectivity index is 1.70. The molecular formula is C21H23NO. The van der Waals surface area contributed by atoms with Crippen LogP contribution in [0.1, 0.15) is 23.5 Å². The molecular weight excluding hydrogens is 282 g/mol. The van der Waals surface area contributed by atoms with E-state index in [1.54, 1.807) is 0 Å². The second kappa shape index (κ2) is 7.30. The molecule has 0 fully saturated rings. The van der Waals surface area contributed by atoms with Crippen LogP contribution in [-0.2, 0) is 0 Å². The van der Waals surface area contributed by atoms with Crippen LogP contribution < -0.4 is 10.5 Å². The van der Waals surface area contributed by atoms with Gasteiger partial charge in [-0.05, 0) is 54.3 Å². The van der Waals surface area contributed by atoms with Gasteiger partial charge < -0.3 is 10.5 Å². The summed E-state index contributed by atoms with van der Waals surface area (Å²) in [6.07, 6.45) is 0.915. The average molecular weight is 305 g/mol. The van der Waals surface area contributed by atoms with Gasteiger partial charge in [0.05, 0.1) is 6.61 Å². The van der Waals surface area contributed by atoms with Crippen LogP contribution in [0.4, 0.5) is 0 Å². The Labute approximate surface area is 137 Å². The summed E-state index contributed by atoms with van der Waals surface area (Å²) in [6.45, 7) is 3.38. The highest BCUT2D eigenvalue weighted by atomic mass is 16.5. The van der Waals surface area contributed by atoms with Crippen molar-refractivity contribution in [3.8, 4) is 5.75 Å². The van der Waals surface area contributed by atoms with Crippen molar-refractivity contribution in [2.45, 2.75) is 19.3 Å². The molecule has 0 radical (unpaired) electrons. The van der Waals surface area contributed by atoms with Crippen LogP contribution >= 0.6 is 0 Å². The highest BCUT2D eigenvalue weighted by Gasteiger charge is 2.13. The van der Waals surface area contributed by atoms with Crippen molar-refractivity contribution >= 4 is 10.8 Å². The third-order valence-corrected chi connectivity index (χ3v) is 4.30. The standard InChI is InChI=1S/C21H23NO/c1-16-9-11-19(12-10-16)23-14-13-18(15-22)21-8-4-6-17-5-2-3-7-20(17)21/h2-12,18H,13-15,22H2,1H3. The fourth-order valence-corrected chi connectivity index (χ4v) is 2.96. The van der Waals surface area contributed by atoms with Crippen LogP contribution in [0.2, 0.25) is 0 Å². The number of rotatable bonds is 6. The van der Waals surface area contributed by atoms with Gasteiger partial charge in [0.1, 0.15) is 5.75 Å². The summed E-state index contributed by atoms with van der Waals surface area (Å²) in [6, 6.07) is 23.1. The molecule has 23 heavy (non-hydrogen) atoms. The summed E-state index contributed by atoms with van der Waals surface area (Å²) in [7, 11) is 0. The molecule has 3 aromatic rings. The quantitative estimate of drug-likeness (QED) is 0.719. The number of aryl methyl sites for hydroxylation is 1. The van der Waals surface area contributed by atoms with Gasteiger partial charge in [0.2, 0.25) is 0 Å². The molecule has 0 saturated heterocycles. The van der Waals surface area contributed by atoms with Crippen LogP contribution in [0.15, 0.2) is 66.7 Å². The minimum atomic E-state index is 0.312. The minimum Gasteiger partial charge on any atom is -0.494 e. The van der Waals surface area contributed by atoms with Crippen molar-refractivity contribution in [2.75, 3.05) is 13.2 Å². The highest BCUT2D eigenvalue weighted by Crippen LogP contribution is 2.27. The van der Waals surface area contributed by atoms with E-state index >= 15 is 0 Å². The maximum absolute atomic E-state index is 6.04. The zero-order chi connectivity index (χ0) is 16.1. The molecule has 0 amide bonds. The fraction of sp³-hybridized carbons (Fsp3) is 0.238. The molecule has 1 atom stereocenters. The number of benzene rings is 3. The van der Waals surface area contributed by atoms with Gasteiger partial charge in [0.25, 0.3) is 0 Å². The molecule has 2 heteroatoms. The Morgan fingerprint density at radius 1 is 0.913 bits per heavy atom. The molecule has 0 aliphatic carbocycles. The predicted octanol–water partition coefficient (Wildman–Crippen LogP) is 4.66. The van der Waals surface area contributed by atoms with E-state index in [1.807, 2.05) is 12.1 Å². The summed E-state index contributed by atoms with van der Waals surface area (Å²) >= 11 is 0. The van der Waals surface area contributed by atoms with Gasteiger partial charge in [-0.25, -0.2) is 0 Å². The molecule has 0 spiro atoms. The number of hydrogen-bond acceptors (Lipinski definition) is 2. The zero-order valence-corrected chi connectivity index (χ0v) is 13.5. The Bertz CT molecular complexity index is 759. The lowest BCUT2D eigenvalue weighted by Gasteiger charge is -2.18. The lowest BCUT2D eigenvalue weighted by atomic mass is 9.91. The zero-order valence-electron chi connectivity index (χ0n) is 13.5. The van der Waals surface area contributed by atoms with E-state index in [1.165, 1.54) is 21.9 Å². The van der Waals surface area contributed by atoms with Crippen molar-refractivity contribution in [3.63, 3.8) is 0 Å². The van der Waals surface area contributed by atoms with Gasteiger partial charge in [-0.2, -0.15) is 0 Å². The second-order valence-corrected chi connectivity index (χ2v) is 5.95. The lowest BCUT2D eigenvalue weighted by molar-refractivity contribution is 0.298. The molecule has 3 aromatic carbocycles. The van der Waals surface area contributed by atoms with E-state index in [-0.39, 0.29) is 0 Å². The van der Waals surface area contributed by atoms with Crippen molar-refractivity contribution in [1.82, 2.24) is 0 Å². The van der Waals surface area contributed by atoms with Crippen LogP contribution in [0, 0.1) is 6.92 Å². The number of nitrogens with two attached hydrogens (primary N) is 1. The van der Waals surface area contributed by atoms with Crippen molar-refractivity contribution in [1.29, 1.82) is 0 Å². The number of ether oxygens (including phenoxy) is 1. The summed E-state index contributed by atoms with van der Waals surface area (Å²) in [4.78, 5) is 0. The Morgan fingerprint density at radius 2 is 1.65 bits per heavy atom. The second-order valence-electron chi connectivity index (χ2n) is 5.95. The first-order valence-corrected chi connectivity index (χ1v) is 8.15. The Morgan fingerprint density at radius 3 is 2.43 bits per heavy atom. The molecule has 2 N–H and O–H groups in total. The number of hydrogen-bond donors (Lipinski definition) is 1. The van der Waals surface area contributed by atoms with E-state index in [2.05, 4.69) is 61.5 Å². The minimum absolute atomic E-state index is 0.312. The molecule has 0 saturated carbocycles. The van der Waals surface area contributed by atoms with E-state index in [0.717, 1.165) is 12.2 Å². The van der Waals surface area contributed by atoms with Crippen LogP contribution in [0.3, 0.4) is 0 Å². The third-order valence-electron chi connectivity index (χ3n) is 4.30. The molecule has 1 unspecified atom stereocenters. The molecule has 0 heterocycles. The van der Waals surface area contributed by atoms with Gasteiger partial charge >= 0.3 is 0 Å². The average Bonchev–Trinajstić information content (AvgIpc) is 2.60. The molecule has 2 nitrogen and oxygen atoms in total. The molecule has 3 rings (SSSR count). The van der Waals surface area contributed by atoms with Gasteiger partial charge in [0.15, 0.2) is 0 Å². The van der Waals surface area contributed by atoms with Crippen LogP contribution in [-0.4, -0.2) is 13.2 Å². The van der Waals surface area contributed by atoms with Crippen LogP contribution in [0.25, 0.3) is 10.8 Å². The van der Waals surface area contributed by atoms with Gasteiger partial charge in [-0.1, -0.05) is 60.2 Å². The monoisotopic (exact) mass is 305 g/mol. The summed E-state index contributed by atoms with van der Waals surface area (Å²) in [5, 5.41) is 2.56. The van der Waals surface area contributed by atoms with E-state index < -0.39 is 0 Å². The molecule has 0 aliphatic heterocycles. The topological polar surface area (TPSA) is 35.2 Å². The third kappa shape index (κ3) is 3.72. The highest BCUT2D eigenvalue weighted by molar-refractivity contribution is 5.86. The van der Waals surface area contributed by atoms with Crippen LogP contribution in [0.5, 0.6) is 5.75 Å². The van der Waals surface area contributed by atoms with Gasteiger partial charge in [-0.15, -0.1) is 0 Å². The Kier molecular flexibility index (Phi) is 4.94. The van der Waals surface area contributed by atoms with Gasteiger partial charge in [-0.3, -0.25) is 0 Å². The predicted molar refractivity (Wildman–Crippen MR) is 97.0 cm³/mol. The molecule has 118 valence electrons. The SMILES string of the molecule is Cc1ccc(OCCC(CN)c2cccc3ccccc23)cc1. The number of fused-ring (bicyclic) bond motifs is 1. The van der Waals surface area contributed by atoms with Crippen molar-refractivity contribution < 1.29 is 4.74 Å². The molecule has 0 bridgehead atoms. The summed E-state index contributed by atoms with van der Waals surface area (Å²) in [5.74, 6) is 1.23. The molecule has 0 aliphatic rings. The summed E-state index contributed by atoms with van der Waals surface area (Å²) < 4.78 is 5.87. The van der Waals surface area contributed by atoms with Crippen molar-refractivity contribution in [3.05, 3.63) is 77.9 Å². The van der Waals surface area contributed by atoms with E-state index in [9.17, 15) is 0 Å².